The molecule has 0 aliphatic rings. The van der Waals surface area contributed by atoms with Crippen LogP contribution in [0, 0.1) is 6.92 Å². The molecule has 2 heteroatoms. The summed E-state index contributed by atoms with van der Waals surface area (Å²) in [7, 11) is 2.04. The number of likely N-dealkylation sites (N-methyl/N-ethyl adjacent to an activating group) is 2. The fourth-order valence-corrected chi connectivity index (χ4v) is 1.99. The zero-order valence-corrected chi connectivity index (χ0v) is 11.0. The van der Waals surface area contributed by atoms with Gasteiger partial charge in [-0.2, -0.15) is 0 Å². The first-order valence-electron chi connectivity index (χ1n) is 6.17. The first-order valence-corrected chi connectivity index (χ1v) is 6.17. The van der Waals surface area contributed by atoms with Crippen molar-refractivity contribution >= 4 is 0 Å². The molecule has 0 amide bonds. The highest BCUT2D eigenvalue weighted by Crippen LogP contribution is 2.15. The summed E-state index contributed by atoms with van der Waals surface area (Å²) in [5.74, 6) is 0. The van der Waals surface area contributed by atoms with E-state index in [1.165, 1.54) is 11.1 Å². The summed E-state index contributed by atoms with van der Waals surface area (Å²) in [5, 5.41) is 3.40. The summed E-state index contributed by atoms with van der Waals surface area (Å²) < 4.78 is 0. The van der Waals surface area contributed by atoms with E-state index >= 15 is 0 Å². The van der Waals surface area contributed by atoms with Crippen LogP contribution < -0.4 is 5.32 Å². The molecule has 0 aliphatic heterocycles. The second-order valence-electron chi connectivity index (χ2n) is 4.24. The van der Waals surface area contributed by atoms with E-state index in [4.69, 9.17) is 0 Å². The van der Waals surface area contributed by atoms with Crippen LogP contribution in [0.3, 0.4) is 0 Å². The minimum Gasteiger partial charge on any atom is -0.312 e. The highest BCUT2D eigenvalue weighted by molar-refractivity contribution is 5.25. The molecule has 2 nitrogen and oxygen atoms in total. The minimum atomic E-state index is 0.430. The molecule has 0 saturated carbocycles. The fourth-order valence-electron chi connectivity index (χ4n) is 1.99. The molecular weight excluding hydrogens is 196 g/mol. The Kier molecular flexibility index (Phi) is 5.50. The standard InChI is InChI=1S/C14H24N2/c1-5-16(6-2)11-14(15-4)13-9-7-8-12(3)10-13/h7-10,14-15H,5-6,11H2,1-4H3. The van der Waals surface area contributed by atoms with Crippen LogP contribution >= 0.6 is 0 Å². The van der Waals surface area contributed by atoms with E-state index in [0.717, 1.165) is 19.6 Å². The van der Waals surface area contributed by atoms with Crippen molar-refractivity contribution in [1.29, 1.82) is 0 Å². The van der Waals surface area contributed by atoms with Crippen molar-refractivity contribution in [3.63, 3.8) is 0 Å². The molecule has 0 spiro atoms. The zero-order chi connectivity index (χ0) is 12.0. The maximum atomic E-state index is 3.40. The van der Waals surface area contributed by atoms with Crippen LogP contribution in [0.4, 0.5) is 0 Å². The molecule has 0 fully saturated rings. The Labute approximate surface area is 99.7 Å². The van der Waals surface area contributed by atoms with Crippen molar-refractivity contribution in [2.75, 3.05) is 26.7 Å². The number of hydrogen-bond acceptors (Lipinski definition) is 2. The first-order chi connectivity index (χ1) is 7.71. The normalized spacial score (nSPS) is 13.1. The average Bonchev–Trinajstić information content (AvgIpc) is 2.31. The van der Waals surface area contributed by atoms with Crippen molar-refractivity contribution in [3.8, 4) is 0 Å². The van der Waals surface area contributed by atoms with Crippen LogP contribution in [-0.2, 0) is 0 Å². The Morgan fingerprint density at radius 1 is 1.25 bits per heavy atom. The summed E-state index contributed by atoms with van der Waals surface area (Å²) in [6, 6.07) is 9.19. The van der Waals surface area contributed by atoms with E-state index in [-0.39, 0.29) is 0 Å². The lowest BCUT2D eigenvalue weighted by atomic mass is 10.0. The lowest BCUT2D eigenvalue weighted by molar-refractivity contribution is 0.271. The SMILES string of the molecule is CCN(CC)CC(NC)c1cccc(C)c1. The molecule has 16 heavy (non-hydrogen) atoms. The number of benzene rings is 1. The van der Waals surface area contributed by atoms with Gasteiger partial charge in [-0.3, -0.25) is 0 Å². The Morgan fingerprint density at radius 2 is 1.94 bits per heavy atom. The maximum absolute atomic E-state index is 3.40. The third kappa shape index (κ3) is 3.62. The second-order valence-corrected chi connectivity index (χ2v) is 4.24. The van der Waals surface area contributed by atoms with Crippen molar-refractivity contribution < 1.29 is 0 Å². The van der Waals surface area contributed by atoms with E-state index in [2.05, 4.69) is 55.3 Å². The van der Waals surface area contributed by atoms with Crippen molar-refractivity contribution in [2.24, 2.45) is 0 Å². The number of nitrogens with zero attached hydrogens (tertiary/aromatic N) is 1. The summed E-state index contributed by atoms with van der Waals surface area (Å²) in [6.45, 7) is 9.88. The molecule has 1 atom stereocenters. The van der Waals surface area contributed by atoms with Crippen molar-refractivity contribution in [1.82, 2.24) is 10.2 Å². The molecule has 90 valence electrons. The van der Waals surface area contributed by atoms with Crippen molar-refractivity contribution in [3.05, 3.63) is 35.4 Å². The van der Waals surface area contributed by atoms with Crippen molar-refractivity contribution in [2.45, 2.75) is 26.8 Å². The number of aryl methyl sites for hydroxylation is 1. The average molecular weight is 220 g/mol. The van der Waals surface area contributed by atoms with Crippen LogP contribution in [0.5, 0.6) is 0 Å². The van der Waals surface area contributed by atoms with Gasteiger partial charge in [-0.15, -0.1) is 0 Å². The van der Waals surface area contributed by atoms with Gasteiger partial charge in [0.25, 0.3) is 0 Å². The summed E-state index contributed by atoms with van der Waals surface area (Å²) in [6.07, 6.45) is 0. The van der Waals surface area contributed by atoms with Crippen LogP contribution in [0.2, 0.25) is 0 Å². The molecule has 0 bridgehead atoms. The van der Waals surface area contributed by atoms with Gasteiger partial charge in [-0.25, -0.2) is 0 Å². The number of rotatable bonds is 6. The molecule has 0 aromatic heterocycles. The van der Waals surface area contributed by atoms with E-state index in [1.807, 2.05) is 7.05 Å². The second kappa shape index (κ2) is 6.66. The van der Waals surface area contributed by atoms with Gasteiger partial charge in [0, 0.05) is 12.6 Å². The minimum absolute atomic E-state index is 0.430. The third-order valence-electron chi connectivity index (χ3n) is 3.13. The van der Waals surface area contributed by atoms with Gasteiger partial charge in [-0.05, 0) is 32.6 Å². The van der Waals surface area contributed by atoms with Gasteiger partial charge in [0.2, 0.25) is 0 Å². The topological polar surface area (TPSA) is 15.3 Å². The van der Waals surface area contributed by atoms with E-state index in [9.17, 15) is 0 Å². The number of hydrogen-bond donors (Lipinski definition) is 1. The van der Waals surface area contributed by atoms with Gasteiger partial charge < -0.3 is 10.2 Å². The van der Waals surface area contributed by atoms with E-state index < -0.39 is 0 Å². The zero-order valence-electron chi connectivity index (χ0n) is 11.0. The predicted octanol–water partition coefficient (Wildman–Crippen LogP) is 2.60. The molecule has 1 N–H and O–H groups in total. The monoisotopic (exact) mass is 220 g/mol. The maximum Gasteiger partial charge on any atom is 0.0446 e. The van der Waals surface area contributed by atoms with Gasteiger partial charge >= 0.3 is 0 Å². The molecule has 1 aromatic rings. The quantitative estimate of drug-likeness (QED) is 0.792. The molecule has 1 rings (SSSR count). The largest absolute Gasteiger partial charge is 0.312 e. The molecule has 0 radical (unpaired) electrons. The smallest absolute Gasteiger partial charge is 0.0446 e. The molecule has 0 heterocycles. The van der Waals surface area contributed by atoms with Crippen LogP contribution in [0.1, 0.15) is 31.0 Å². The fraction of sp³-hybridized carbons (Fsp3) is 0.571. The lowest BCUT2D eigenvalue weighted by Crippen LogP contribution is -2.33. The Hall–Kier alpha value is -0.860. The molecule has 0 aliphatic carbocycles. The third-order valence-corrected chi connectivity index (χ3v) is 3.13. The van der Waals surface area contributed by atoms with E-state index in [0.29, 0.717) is 6.04 Å². The predicted molar refractivity (Wildman–Crippen MR) is 70.8 cm³/mol. The van der Waals surface area contributed by atoms with Gasteiger partial charge in [-0.1, -0.05) is 43.7 Å². The summed E-state index contributed by atoms with van der Waals surface area (Å²) >= 11 is 0. The van der Waals surface area contributed by atoms with Gasteiger partial charge in [0.15, 0.2) is 0 Å². The summed E-state index contributed by atoms with van der Waals surface area (Å²) in [4.78, 5) is 2.45. The van der Waals surface area contributed by atoms with Crippen LogP contribution in [0.15, 0.2) is 24.3 Å². The molecule has 1 aromatic carbocycles. The van der Waals surface area contributed by atoms with Crippen LogP contribution in [0.25, 0.3) is 0 Å². The van der Waals surface area contributed by atoms with Crippen LogP contribution in [-0.4, -0.2) is 31.6 Å². The Balaban J connectivity index is 2.74. The molecule has 0 saturated heterocycles. The lowest BCUT2D eigenvalue weighted by Gasteiger charge is -2.25. The summed E-state index contributed by atoms with van der Waals surface area (Å²) in [5.41, 5.74) is 2.71. The van der Waals surface area contributed by atoms with Gasteiger partial charge in [0.05, 0.1) is 0 Å². The molecule has 1 unspecified atom stereocenters. The Morgan fingerprint density at radius 3 is 2.44 bits per heavy atom. The number of nitrogens with one attached hydrogen (secondary N) is 1. The Bertz CT molecular complexity index is 305. The van der Waals surface area contributed by atoms with E-state index in [1.54, 1.807) is 0 Å². The van der Waals surface area contributed by atoms with Gasteiger partial charge in [0.1, 0.15) is 0 Å². The molecular formula is C14H24N2. The highest BCUT2D eigenvalue weighted by Gasteiger charge is 2.12. The highest BCUT2D eigenvalue weighted by atomic mass is 15.1. The first kappa shape index (κ1) is 13.2.